The van der Waals surface area contributed by atoms with E-state index in [9.17, 15) is 0 Å². The van der Waals surface area contributed by atoms with Gasteiger partial charge >= 0.3 is 0 Å². The van der Waals surface area contributed by atoms with Crippen molar-refractivity contribution in [3.8, 4) is 0 Å². The molecule has 0 heterocycles. The van der Waals surface area contributed by atoms with Gasteiger partial charge < -0.3 is 22.7 Å². The Morgan fingerprint density at radius 1 is 0.778 bits per heavy atom. The molecule has 0 saturated heterocycles. The van der Waals surface area contributed by atoms with Crippen LogP contribution >= 0.6 is 0 Å². The topological polar surface area (TPSA) is 60.7 Å². The third kappa shape index (κ3) is 25.4. The van der Waals surface area contributed by atoms with Crippen LogP contribution in [0.4, 0.5) is 0 Å². The van der Waals surface area contributed by atoms with Crippen LogP contribution in [0.5, 0.6) is 0 Å². The predicted molar refractivity (Wildman–Crippen MR) is 74.8 cm³/mol. The number of aliphatic hydroxyl groups excluding tert-OH is 3. The molecule has 0 fully saturated rings. The average Bonchev–Trinajstić information content (AvgIpc) is 2.30. The van der Waals surface area contributed by atoms with E-state index >= 15 is 0 Å². The van der Waals surface area contributed by atoms with Crippen molar-refractivity contribution in [2.75, 3.05) is 19.8 Å². The molecule has 0 aromatic heterocycles. The molecule has 0 saturated carbocycles. The van der Waals surface area contributed by atoms with Crippen molar-refractivity contribution in [1.29, 1.82) is 0 Å². The smallest absolute Gasteiger partial charge is 0.0504 e. The van der Waals surface area contributed by atoms with E-state index in [0.717, 1.165) is 6.42 Å². The second-order valence-electron chi connectivity index (χ2n) is 4.97. The van der Waals surface area contributed by atoms with Crippen LogP contribution in [0.25, 0.3) is 0 Å². The summed E-state index contributed by atoms with van der Waals surface area (Å²) in [5, 5.41) is 25.3. The molecule has 4 heteroatoms. The van der Waals surface area contributed by atoms with Gasteiger partial charge in [0.1, 0.15) is 0 Å². The van der Waals surface area contributed by atoms with Crippen LogP contribution in [0.15, 0.2) is 0 Å². The van der Waals surface area contributed by atoms with Gasteiger partial charge in [0.05, 0.1) is 13.2 Å². The predicted octanol–water partition coefficient (Wildman–Crippen LogP) is 2.78. The van der Waals surface area contributed by atoms with Crippen molar-refractivity contribution in [1.82, 2.24) is 0 Å². The standard InChI is InChI=1S/C8H18O.C5H12O2.CH3.Ti/c1-2-3-4-5-6-7-8-9;1-5(2,3-6)4-7;;/h9H,2-8H2,1H3;6-7H,3-4H2,1-2H3;1H3;/q;;-1;. The summed E-state index contributed by atoms with van der Waals surface area (Å²) in [6.45, 7) is 6.27. The summed E-state index contributed by atoms with van der Waals surface area (Å²) >= 11 is 0. The van der Waals surface area contributed by atoms with Crippen molar-refractivity contribution >= 4 is 0 Å². The summed E-state index contributed by atoms with van der Waals surface area (Å²) in [7, 11) is 0. The quantitative estimate of drug-likeness (QED) is 0.367. The average molecular weight is 297 g/mol. The Hall–Kier alpha value is 0.594. The molecule has 0 bridgehead atoms. The van der Waals surface area contributed by atoms with Crippen LogP contribution in [-0.4, -0.2) is 35.1 Å². The summed E-state index contributed by atoms with van der Waals surface area (Å²) in [6, 6.07) is 0. The van der Waals surface area contributed by atoms with Gasteiger partial charge in [-0.3, -0.25) is 0 Å². The van der Waals surface area contributed by atoms with E-state index in [-0.39, 0.29) is 47.8 Å². The van der Waals surface area contributed by atoms with E-state index in [2.05, 4.69) is 6.92 Å². The minimum absolute atomic E-state index is 0. The van der Waals surface area contributed by atoms with E-state index in [1.165, 1.54) is 32.1 Å². The molecular formula is C14H33O3Ti-. The monoisotopic (exact) mass is 297 g/mol. The van der Waals surface area contributed by atoms with Gasteiger partial charge in [0.15, 0.2) is 0 Å². The summed E-state index contributed by atoms with van der Waals surface area (Å²) in [6.07, 6.45) is 7.50. The fourth-order valence-electron chi connectivity index (χ4n) is 0.942. The molecule has 0 unspecified atom stereocenters. The van der Waals surface area contributed by atoms with Crippen LogP contribution in [0.2, 0.25) is 0 Å². The Bertz CT molecular complexity index is 118. The minimum atomic E-state index is -0.306. The van der Waals surface area contributed by atoms with Crippen LogP contribution in [0.3, 0.4) is 0 Å². The Morgan fingerprint density at radius 2 is 1.17 bits per heavy atom. The minimum Gasteiger partial charge on any atom is -0.396 e. The maximum Gasteiger partial charge on any atom is 0.0504 e. The first-order valence-corrected chi connectivity index (χ1v) is 6.36. The molecule has 0 atom stereocenters. The van der Waals surface area contributed by atoms with Crippen molar-refractivity contribution < 1.29 is 37.0 Å². The van der Waals surface area contributed by atoms with Gasteiger partial charge in [-0.05, 0) is 6.42 Å². The zero-order valence-corrected chi connectivity index (χ0v) is 14.3. The summed E-state index contributed by atoms with van der Waals surface area (Å²) in [4.78, 5) is 0. The molecule has 0 radical (unpaired) electrons. The number of aliphatic hydroxyl groups is 3. The zero-order chi connectivity index (χ0) is 12.9. The van der Waals surface area contributed by atoms with Gasteiger partial charge in [0, 0.05) is 33.7 Å². The van der Waals surface area contributed by atoms with Gasteiger partial charge in [0.2, 0.25) is 0 Å². The number of hydrogen-bond acceptors (Lipinski definition) is 3. The Balaban J connectivity index is -0.000000100. The summed E-state index contributed by atoms with van der Waals surface area (Å²) in [5.74, 6) is 0. The molecule has 112 valence electrons. The van der Waals surface area contributed by atoms with Crippen molar-refractivity contribution in [2.45, 2.75) is 59.3 Å². The fourth-order valence-corrected chi connectivity index (χ4v) is 0.942. The number of unbranched alkanes of at least 4 members (excludes halogenated alkanes) is 5. The number of rotatable bonds is 8. The van der Waals surface area contributed by atoms with Gasteiger partial charge in [-0.25, -0.2) is 0 Å². The van der Waals surface area contributed by atoms with Crippen LogP contribution in [-0.2, 0) is 21.7 Å². The SMILES string of the molecule is CC(C)(CO)CO.CCCCCCCCO.[CH3-].[Ti]. The van der Waals surface area contributed by atoms with Gasteiger partial charge in [-0.1, -0.05) is 52.9 Å². The molecule has 0 aromatic carbocycles. The van der Waals surface area contributed by atoms with Gasteiger partial charge in [0.25, 0.3) is 0 Å². The fraction of sp³-hybridized carbons (Fsp3) is 0.929. The normalized spacial score (nSPS) is 9.67. The first-order valence-electron chi connectivity index (χ1n) is 6.36. The zero-order valence-electron chi connectivity index (χ0n) is 12.7. The molecule has 0 spiro atoms. The molecule has 0 aliphatic carbocycles. The third-order valence-corrected chi connectivity index (χ3v) is 2.37. The largest absolute Gasteiger partial charge is 0.396 e. The second-order valence-corrected chi connectivity index (χ2v) is 4.97. The van der Waals surface area contributed by atoms with Crippen molar-refractivity contribution in [2.24, 2.45) is 5.41 Å². The maximum absolute atomic E-state index is 8.43. The molecule has 0 aliphatic rings. The van der Waals surface area contributed by atoms with E-state index in [0.29, 0.717) is 6.61 Å². The Kier molecular flexibility index (Phi) is 29.9. The van der Waals surface area contributed by atoms with Crippen LogP contribution < -0.4 is 0 Å². The van der Waals surface area contributed by atoms with E-state index < -0.39 is 0 Å². The first kappa shape index (κ1) is 27.0. The molecule has 0 amide bonds. The maximum atomic E-state index is 8.43. The molecule has 3 N–H and O–H groups in total. The third-order valence-electron chi connectivity index (χ3n) is 2.37. The van der Waals surface area contributed by atoms with Crippen molar-refractivity contribution in [3.63, 3.8) is 0 Å². The van der Waals surface area contributed by atoms with Gasteiger partial charge in [-0.2, -0.15) is 0 Å². The summed E-state index contributed by atoms with van der Waals surface area (Å²) < 4.78 is 0. The molecular weight excluding hydrogens is 264 g/mol. The van der Waals surface area contributed by atoms with Crippen LogP contribution in [0.1, 0.15) is 59.3 Å². The molecule has 3 nitrogen and oxygen atoms in total. The first-order chi connectivity index (χ1) is 7.54. The Labute approximate surface area is 129 Å². The molecule has 0 rings (SSSR count). The van der Waals surface area contributed by atoms with Crippen molar-refractivity contribution in [3.05, 3.63) is 7.43 Å². The van der Waals surface area contributed by atoms with Gasteiger partial charge in [-0.15, -0.1) is 0 Å². The molecule has 0 aliphatic heterocycles. The molecule has 18 heavy (non-hydrogen) atoms. The second kappa shape index (κ2) is 19.9. The molecule has 0 aromatic rings. The van der Waals surface area contributed by atoms with Crippen LogP contribution in [0, 0.1) is 12.8 Å². The summed E-state index contributed by atoms with van der Waals surface area (Å²) in [5.41, 5.74) is -0.306. The Morgan fingerprint density at radius 3 is 1.44 bits per heavy atom. The van der Waals surface area contributed by atoms with E-state index in [1.54, 1.807) is 13.8 Å². The van der Waals surface area contributed by atoms with E-state index in [1.807, 2.05) is 0 Å². The van der Waals surface area contributed by atoms with E-state index in [4.69, 9.17) is 15.3 Å². The number of hydrogen-bond donors (Lipinski definition) is 3.